The van der Waals surface area contributed by atoms with E-state index in [4.69, 9.17) is 9.16 Å². The zero-order valence-corrected chi connectivity index (χ0v) is 17.6. The number of esters is 1. The van der Waals surface area contributed by atoms with Crippen molar-refractivity contribution < 1.29 is 18.8 Å². The molecule has 0 aliphatic heterocycles. The topological polar surface area (TPSA) is 52.6 Å². The van der Waals surface area contributed by atoms with Crippen LogP contribution in [0.3, 0.4) is 0 Å². The molecule has 138 valence electrons. The molecule has 0 saturated carbocycles. The van der Waals surface area contributed by atoms with Crippen molar-refractivity contribution in [1.29, 1.82) is 0 Å². The van der Waals surface area contributed by atoms with Gasteiger partial charge >= 0.3 is 5.97 Å². The van der Waals surface area contributed by atoms with Crippen LogP contribution in [0.15, 0.2) is 11.6 Å². The summed E-state index contributed by atoms with van der Waals surface area (Å²) in [6.45, 7) is 17.0. The number of ketones is 1. The van der Waals surface area contributed by atoms with Gasteiger partial charge in [-0.15, -0.1) is 0 Å². The first kappa shape index (κ1) is 21.1. The molecular weight excluding hydrogens is 320 g/mol. The van der Waals surface area contributed by atoms with Crippen LogP contribution in [0.1, 0.15) is 60.8 Å². The summed E-state index contributed by atoms with van der Waals surface area (Å²) in [4.78, 5) is 23.3. The van der Waals surface area contributed by atoms with Crippen LogP contribution in [0.4, 0.5) is 0 Å². The molecule has 0 heterocycles. The standard InChI is InChI=1S/C19H34O4Si/c1-9-16(21)11-19(6)12-17(23-14(2)20)10-15(19)13-22-24(7,8)18(3,4)5/h10,17H,9,11-13H2,1-8H3/t17-,19-/m1/s1. The summed E-state index contributed by atoms with van der Waals surface area (Å²) in [6.07, 6.45) is 3.42. The van der Waals surface area contributed by atoms with Crippen molar-refractivity contribution in [2.45, 2.75) is 85.0 Å². The molecule has 0 saturated heterocycles. The van der Waals surface area contributed by atoms with Crippen LogP contribution in [0.25, 0.3) is 0 Å². The van der Waals surface area contributed by atoms with Gasteiger partial charge in [-0.25, -0.2) is 0 Å². The zero-order valence-electron chi connectivity index (χ0n) is 16.6. The molecule has 0 bridgehead atoms. The van der Waals surface area contributed by atoms with Gasteiger partial charge in [0.15, 0.2) is 8.32 Å². The minimum Gasteiger partial charge on any atom is -0.458 e. The average molecular weight is 355 g/mol. The van der Waals surface area contributed by atoms with E-state index in [-0.39, 0.29) is 28.3 Å². The summed E-state index contributed by atoms with van der Waals surface area (Å²) in [5.74, 6) is -0.0498. The molecule has 1 rings (SSSR count). The molecule has 1 aliphatic rings. The van der Waals surface area contributed by atoms with Crippen molar-refractivity contribution >= 4 is 20.1 Å². The molecule has 5 heteroatoms. The van der Waals surface area contributed by atoms with E-state index in [1.807, 2.05) is 13.0 Å². The van der Waals surface area contributed by atoms with E-state index in [2.05, 4.69) is 40.8 Å². The molecule has 2 atom stereocenters. The molecule has 0 aromatic rings. The third-order valence-electron chi connectivity index (χ3n) is 5.51. The van der Waals surface area contributed by atoms with Crippen molar-refractivity contribution in [2.24, 2.45) is 5.41 Å². The molecule has 0 amide bonds. The lowest BCUT2D eigenvalue weighted by molar-refractivity contribution is -0.144. The van der Waals surface area contributed by atoms with Gasteiger partial charge in [0.1, 0.15) is 11.9 Å². The van der Waals surface area contributed by atoms with E-state index >= 15 is 0 Å². The molecule has 0 spiro atoms. The molecule has 0 unspecified atom stereocenters. The van der Waals surface area contributed by atoms with E-state index in [0.717, 1.165) is 5.57 Å². The maximum Gasteiger partial charge on any atom is 0.303 e. The monoisotopic (exact) mass is 354 g/mol. The fraction of sp³-hybridized carbons (Fsp3) is 0.789. The van der Waals surface area contributed by atoms with Crippen LogP contribution in [-0.2, 0) is 18.8 Å². The number of hydrogen-bond acceptors (Lipinski definition) is 4. The Morgan fingerprint density at radius 3 is 2.38 bits per heavy atom. The molecular formula is C19H34O4Si. The predicted octanol–water partition coefficient (Wildman–Crippen LogP) is 4.65. The highest BCUT2D eigenvalue weighted by Gasteiger charge is 2.42. The Morgan fingerprint density at radius 1 is 1.33 bits per heavy atom. The highest BCUT2D eigenvalue weighted by Crippen LogP contribution is 2.45. The SMILES string of the molecule is CCC(=O)C[C@]1(C)C[C@H](OC(C)=O)C=C1CO[Si](C)(C)C(C)(C)C. The molecule has 0 radical (unpaired) electrons. The zero-order chi connectivity index (χ0) is 18.8. The van der Waals surface area contributed by atoms with Gasteiger partial charge in [0, 0.05) is 25.2 Å². The Bertz CT molecular complexity index is 516. The summed E-state index contributed by atoms with van der Waals surface area (Å²) in [6, 6.07) is 0. The van der Waals surface area contributed by atoms with Gasteiger partial charge in [-0.05, 0) is 36.2 Å². The summed E-state index contributed by atoms with van der Waals surface area (Å²) < 4.78 is 11.7. The molecule has 0 aromatic heterocycles. The minimum absolute atomic E-state index is 0.136. The van der Waals surface area contributed by atoms with Gasteiger partial charge in [-0.2, -0.15) is 0 Å². The normalized spacial score (nSPS) is 24.7. The van der Waals surface area contributed by atoms with Crippen molar-refractivity contribution in [3.05, 3.63) is 11.6 Å². The summed E-state index contributed by atoms with van der Waals surface area (Å²) in [5.41, 5.74) is 0.815. The fourth-order valence-corrected chi connectivity index (χ4v) is 3.74. The van der Waals surface area contributed by atoms with Gasteiger partial charge in [0.25, 0.3) is 0 Å². The average Bonchev–Trinajstić information content (AvgIpc) is 2.69. The van der Waals surface area contributed by atoms with E-state index in [1.165, 1.54) is 6.92 Å². The second kappa shape index (κ2) is 7.52. The van der Waals surface area contributed by atoms with Gasteiger partial charge in [0.2, 0.25) is 0 Å². The quantitative estimate of drug-likeness (QED) is 0.379. The molecule has 24 heavy (non-hydrogen) atoms. The number of rotatable bonds is 7. The number of Topliss-reactive ketones (excluding diaryl/α,β-unsaturated/α-hetero) is 1. The van der Waals surface area contributed by atoms with E-state index < -0.39 is 8.32 Å². The second-order valence-electron chi connectivity index (χ2n) is 8.72. The highest BCUT2D eigenvalue weighted by atomic mass is 28.4. The maximum absolute atomic E-state index is 12.0. The van der Waals surface area contributed by atoms with Crippen LogP contribution >= 0.6 is 0 Å². The number of ether oxygens (including phenoxy) is 1. The van der Waals surface area contributed by atoms with Crippen LogP contribution in [0, 0.1) is 5.41 Å². The molecule has 4 nitrogen and oxygen atoms in total. The predicted molar refractivity (Wildman–Crippen MR) is 99.4 cm³/mol. The van der Waals surface area contributed by atoms with Gasteiger partial charge < -0.3 is 9.16 Å². The highest BCUT2D eigenvalue weighted by molar-refractivity contribution is 6.74. The van der Waals surface area contributed by atoms with Crippen molar-refractivity contribution in [1.82, 2.24) is 0 Å². The van der Waals surface area contributed by atoms with E-state index in [1.54, 1.807) is 0 Å². The van der Waals surface area contributed by atoms with Gasteiger partial charge in [-0.1, -0.05) is 34.6 Å². The first-order valence-corrected chi connectivity index (χ1v) is 11.8. The summed E-state index contributed by atoms with van der Waals surface area (Å²) in [5, 5.41) is 0.136. The van der Waals surface area contributed by atoms with Gasteiger partial charge in [-0.3, -0.25) is 9.59 Å². The Morgan fingerprint density at radius 2 is 1.92 bits per heavy atom. The van der Waals surface area contributed by atoms with Crippen LogP contribution in [0.2, 0.25) is 18.1 Å². The number of carbonyl (C=O) groups is 2. The maximum atomic E-state index is 12.0. The Hall–Kier alpha value is -0.943. The number of carbonyl (C=O) groups excluding carboxylic acids is 2. The summed E-state index contributed by atoms with van der Waals surface area (Å²) >= 11 is 0. The van der Waals surface area contributed by atoms with Crippen molar-refractivity contribution in [2.75, 3.05) is 6.61 Å². The lowest BCUT2D eigenvalue weighted by Crippen LogP contribution is -2.42. The van der Waals surface area contributed by atoms with Crippen molar-refractivity contribution in [3.8, 4) is 0 Å². The fourth-order valence-electron chi connectivity index (χ4n) is 2.79. The van der Waals surface area contributed by atoms with Crippen LogP contribution in [0.5, 0.6) is 0 Å². The van der Waals surface area contributed by atoms with Crippen molar-refractivity contribution in [3.63, 3.8) is 0 Å². The molecule has 0 aromatic carbocycles. The second-order valence-corrected chi connectivity index (χ2v) is 13.5. The Kier molecular flexibility index (Phi) is 6.61. The van der Waals surface area contributed by atoms with Crippen LogP contribution in [-0.4, -0.2) is 32.8 Å². The van der Waals surface area contributed by atoms with Crippen LogP contribution < -0.4 is 0 Å². The van der Waals surface area contributed by atoms with E-state index in [9.17, 15) is 9.59 Å². The smallest absolute Gasteiger partial charge is 0.303 e. The lowest BCUT2D eigenvalue weighted by atomic mass is 9.78. The summed E-state index contributed by atoms with van der Waals surface area (Å²) in [7, 11) is -1.87. The molecule has 0 fully saturated rings. The largest absolute Gasteiger partial charge is 0.458 e. The third kappa shape index (κ3) is 5.28. The first-order chi connectivity index (χ1) is 10.8. The number of hydrogen-bond donors (Lipinski definition) is 0. The van der Waals surface area contributed by atoms with E-state index in [0.29, 0.717) is 25.9 Å². The Balaban J connectivity index is 2.94. The Labute approximate surface area is 148 Å². The molecule has 0 N–H and O–H groups in total. The third-order valence-corrected chi connectivity index (χ3v) is 9.99. The van der Waals surface area contributed by atoms with Gasteiger partial charge in [0.05, 0.1) is 6.61 Å². The minimum atomic E-state index is -1.87. The lowest BCUT2D eigenvalue weighted by Gasteiger charge is -2.38. The molecule has 1 aliphatic carbocycles. The first-order valence-electron chi connectivity index (χ1n) is 8.85.